The normalized spacial score (nSPS) is 24.7. The quantitative estimate of drug-likeness (QED) is 0.0894. The number of ether oxygens (including phenoxy) is 4. The van der Waals surface area contributed by atoms with E-state index in [1.807, 2.05) is 30.5 Å². The molecule has 71 heavy (non-hydrogen) atoms. The minimum Gasteiger partial charge on any atom is -0.493 e. The van der Waals surface area contributed by atoms with Crippen molar-refractivity contribution in [1.82, 2.24) is 19.6 Å². The number of pyridine rings is 1. The Morgan fingerprint density at radius 1 is 0.887 bits per heavy atom. The number of amides is 1. The van der Waals surface area contributed by atoms with Crippen molar-refractivity contribution in [3.05, 3.63) is 100 Å². The highest BCUT2D eigenvalue weighted by Crippen LogP contribution is 2.57. The molecule has 2 spiro atoms. The summed E-state index contributed by atoms with van der Waals surface area (Å²) in [6.45, 7) is 6.72. The monoisotopic (exact) mass is 986 g/mol. The molecule has 6 aliphatic heterocycles. The number of nitro groups is 1. The van der Waals surface area contributed by atoms with Crippen LogP contribution in [0.2, 0.25) is 0 Å². The van der Waals surface area contributed by atoms with Crippen LogP contribution in [0.5, 0.6) is 11.6 Å². The van der Waals surface area contributed by atoms with Crippen LogP contribution in [-0.4, -0.2) is 112 Å². The molecule has 374 valence electrons. The molecule has 4 saturated heterocycles. The number of carbonyl (C=O) groups is 1. The molecule has 5 aromatic rings. The first-order valence-corrected chi connectivity index (χ1v) is 27.1. The van der Waals surface area contributed by atoms with E-state index in [0.717, 1.165) is 87.7 Å². The third-order valence-electron chi connectivity index (χ3n) is 17.0. The van der Waals surface area contributed by atoms with Gasteiger partial charge in [-0.05, 0) is 131 Å². The van der Waals surface area contributed by atoms with Crippen molar-refractivity contribution in [2.24, 2.45) is 17.3 Å². The van der Waals surface area contributed by atoms with Gasteiger partial charge in [0.15, 0.2) is 0 Å². The van der Waals surface area contributed by atoms with Crippen molar-refractivity contribution in [1.29, 1.82) is 0 Å². The van der Waals surface area contributed by atoms with Gasteiger partial charge in [-0.1, -0.05) is 18.2 Å². The molecule has 2 aromatic heterocycles. The highest BCUT2D eigenvalue weighted by atomic mass is 32.2. The number of anilines is 4. The van der Waals surface area contributed by atoms with E-state index in [4.69, 9.17) is 23.9 Å². The fraction of sp³-hybridized carbons (Fsp3) is 0.509. The third kappa shape index (κ3) is 8.63. The molecule has 8 heterocycles. The zero-order valence-corrected chi connectivity index (χ0v) is 40.8. The van der Waals surface area contributed by atoms with Gasteiger partial charge in [0.2, 0.25) is 5.88 Å². The van der Waals surface area contributed by atoms with Crippen molar-refractivity contribution in [2.45, 2.75) is 93.2 Å². The fourth-order valence-corrected chi connectivity index (χ4v) is 14.0. The molecule has 17 nitrogen and oxygen atoms in total. The molecule has 1 saturated carbocycles. The second-order valence-corrected chi connectivity index (χ2v) is 22.6. The van der Waals surface area contributed by atoms with Crippen molar-refractivity contribution in [3.63, 3.8) is 0 Å². The third-order valence-corrected chi connectivity index (χ3v) is 18.3. The number of hydrogen-bond acceptors (Lipinski definition) is 14. The number of nitrogens with one attached hydrogen (secondary N) is 3. The van der Waals surface area contributed by atoms with Crippen LogP contribution >= 0.6 is 0 Å². The number of sulfonamides is 1. The van der Waals surface area contributed by atoms with E-state index in [1.54, 1.807) is 6.07 Å². The molecule has 7 aliphatic rings. The van der Waals surface area contributed by atoms with Crippen molar-refractivity contribution >= 4 is 55.4 Å². The number of benzene rings is 3. The lowest BCUT2D eigenvalue weighted by atomic mass is 9.58. The standard InChI is InChI=1S/C53H62N8O9S/c62-50(57-71(65,66)40-8-10-43(45(29-40)61(63)64)55-32-35-12-23-67-24-13-35)41-9-7-38(28-44(41)59-33-37-14-25-68-34-48(37)70-51-46(59)27-36-11-19-54-49(36)56-51)58-21-16-52(17-22-58)30-39(31-52)60-20-4-3-15-53(60)18-26-69-47-6-2-1-5-42(47)53/h1-2,5-11,19,27-29,35,37,39,48,55H,3-4,12-18,20-26,30-34H2,(H,54,56)(H,57,62)/t37-,48+,53+/m0/s1. The molecule has 3 N–H and O–H groups in total. The van der Waals surface area contributed by atoms with E-state index < -0.39 is 31.4 Å². The zero-order valence-electron chi connectivity index (χ0n) is 40.0. The molecule has 1 amide bonds. The predicted octanol–water partition coefficient (Wildman–Crippen LogP) is 8.28. The second kappa shape index (κ2) is 18.6. The average molecular weight is 987 g/mol. The molecule has 0 radical (unpaired) electrons. The molecule has 1 aliphatic carbocycles. The van der Waals surface area contributed by atoms with E-state index in [1.165, 1.54) is 49.8 Å². The van der Waals surface area contributed by atoms with Crippen LogP contribution in [0, 0.1) is 27.4 Å². The Balaban J connectivity index is 0.832. The maximum absolute atomic E-state index is 14.7. The number of carbonyl (C=O) groups excluding carboxylic acids is 1. The molecular weight excluding hydrogens is 925 g/mol. The molecular formula is C53H62N8O9S. The highest BCUT2D eigenvalue weighted by Gasteiger charge is 2.54. The topological polar surface area (TPSA) is 194 Å². The van der Waals surface area contributed by atoms with Gasteiger partial charge in [0.1, 0.15) is 28.9 Å². The van der Waals surface area contributed by atoms with Gasteiger partial charge in [0.05, 0.1) is 39.8 Å². The number of aromatic nitrogens is 2. The number of hydrogen-bond donors (Lipinski definition) is 3. The van der Waals surface area contributed by atoms with Gasteiger partial charge < -0.3 is 39.0 Å². The lowest BCUT2D eigenvalue weighted by molar-refractivity contribution is -0.384. The summed E-state index contributed by atoms with van der Waals surface area (Å²) in [5.41, 5.74) is 4.37. The summed E-state index contributed by atoms with van der Waals surface area (Å²) >= 11 is 0. The Morgan fingerprint density at radius 2 is 1.72 bits per heavy atom. The largest absolute Gasteiger partial charge is 0.493 e. The van der Waals surface area contributed by atoms with Crippen LogP contribution in [-0.2, 0) is 25.0 Å². The number of aromatic amines is 1. The summed E-state index contributed by atoms with van der Waals surface area (Å²) in [5, 5.41) is 16.3. The van der Waals surface area contributed by atoms with Gasteiger partial charge >= 0.3 is 0 Å². The Hall–Kier alpha value is -5.95. The number of fused-ring (bicyclic) bond motifs is 5. The zero-order chi connectivity index (χ0) is 48.3. The molecule has 3 atom stereocenters. The second-order valence-electron chi connectivity index (χ2n) is 21.0. The smallest absolute Gasteiger partial charge is 0.293 e. The highest BCUT2D eigenvalue weighted by molar-refractivity contribution is 7.90. The van der Waals surface area contributed by atoms with Crippen molar-refractivity contribution in [3.8, 4) is 11.6 Å². The van der Waals surface area contributed by atoms with Gasteiger partial charge in [0, 0.05) is 93.3 Å². The van der Waals surface area contributed by atoms with E-state index >= 15 is 0 Å². The maximum Gasteiger partial charge on any atom is 0.293 e. The minimum absolute atomic E-state index is 0.00813. The van der Waals surface area contributed by atoms with E-state index in [0.29, 0.717) is 68.5 Å². The molecule has 0 unspecified atom stereocenters. The Labute approximate surface area is 413 Å². The van der Waals surface area contributed by atoms with Crippen LogP contribution in [0.15, 0.2) is 83.9 Å². The van der Waals surface area contributed by atoms with Crippen LogP contribution < -0.4 is 29.3 Å². The number of nitro benzene ring substituents is 1. The number of likely N-dealkylation sites (tertiary alicyclic amines) is 1. The molecule has 18 heteroatoms. The lowest BCUT2D eigenvalue weighted by Gasteiger charge is -2.61. The summed E-state index contributed by atoms with van der Waals surface area (Å²) in [6, 6.07) is 22.5. The van der Waals surface area contributed by atoms with Gasteiger partial charge in [-0.3, -0.25) is 19.8 Å². The summed E-state index contributed by atoms with van der Waals surface area (Å²) in [7, 11) is -4.59. The van der Waals surface area contributed by atoms with Crippen LogP contribution in [0.1, 0.15) is 86.6 Å². The first kappa shape index (κ1) is 46.1. The molecule has 0 bridgehead atoms. The van der Waals surface area contributed by atoms with Crippen LogP contribution in [0.25, 0.3) is 11.0 Å². The average Bonchev–Trinajstić information content (AvgIpc) is 3.78. The predicted molar refractivity (Wildman–Crippen MR) is 268 cm³/mol. The number of piperidine rings is 2. The number of nitrogens with zero attached hydrogens (tertiary/aromatic N) is 5. The summed E-state index contributed by atoms with van der Waals surface area (Å²) in [6.07, 6.45) is 13.0. The van der Waals surface area contributed by atoms with Crippen LogP contribution in [0.3, 0.4) is 0 Å². The van der Waals surface area contributed by atoms with Gasteiger partial charge in [0.25, 0.3) is 21.6 Å². The van der Waals surface area contributed by atoms with Gasteiger partial charge in [-0.15, -0.1) is 0 Å². The van der Waals surface area contributed by atoms with E-state index in [9.17, 15) is 23.3 Å². The van der Waals surface area contributed by atoms with Crippen LogP contribution in [0.4, 0.5) is 28.4 Å². The first-order chi connectivity index (χ1) is 34.5. The summed E-state index contributed by atoms with van der Waals surface area (Å²) in [4.78, 5) is 41.5. The minimum atomic E-state index is -4.59. The molecule has 5 fully saturated rings. The first-order valence-electron chi connectivity index (χ1n) is 25.6. The summed E-state index contributed by atoms with van der Waals surface area (Å²) < 4.78 is 54.8. The van der Waals surface area contributed by atoms with Crippen molar-refractivity contribution in [2.75, 3.05) is 80.9 Å². The van der Waals surface area contributed by atoms with Crippen molar-refractivity contribution < 1.29 is 37.1 Å². The Morgan fingerprint density at radius 3 is 2.56 bits per heavy atom. The summed E-state index contributed by atoms with van der Waals surface area (Å²) in [5.74, 6) is 0.852. The SMILES string of the molecule is O=C(NS(=O)(=O)c1ccc(NCC2CCOCC2)c([N+](=O)[O-])c1)c1ccc(N2CCC3(CC2)CC(N2CCCC[C@]24CCOc2ccccc24)C3)cc1N1C[C@@H]2CCOC[C@H]2Oc2nc3[nH]ccc3cc21. The Bertz CT molecular complexity index is 2950. The molecule has 12 rings (SSSR count). The number of H-pyrrole nitrogens is 1. The van der Waals surface area contributed by atoms with E-state index in [2.05, 4.69) is 54.0 Å². The fourth-order valence-electron chi connectivity index (χ4n) is 13.0. The lowest BCUT2D eigenvalue weighted by Crippen LogP contribution is -2.62. The maximum atomic E-state index is 14.7. The number of rotatable bonds is 10. The van der Waals surface area contributed by atoms with E-state index in [-0.39, 0.29) is 40.1 Å². The Kier molecular flexibility index (Phi) is 12.1. The molecule has 3 aromatic carbocycles. The van der Waals surface area contributed by atoms with Gasteiger partial charge in [-0.2, -0.15) is 4.98 Å². The number of para-hydroxylation sites is 1. The van der Waals surface area contributed by atoms with Gasteiger partial charge in [-0.25, -0.2) is 13.1 Å².